The number of carbonyl (C=O) groups excluding carboxylic acids is 2. The van der Waals surface area contributed by atoms with Crippen LogP contribution in [-0.2, 0) is 24.2 Å². The lowest BCUT2D eigenvalue weighted by molar-refractivity contribution is -0.138. The van der Waals surface area contributed by atoms with Crippen molar-refractivity contribution in [2.24, 2.45) is 11.7 Å². The monoisotopic (exact) mass is 337 g/mol. The van der Waals surface area contributed by atoms with Gasteiger partial charge in [0.05, 0.1) is 19.1 Å². The van der Waals surface area contributed by atoms with E-state index in [4.69, 9.17) is 10.8 Å². The van der Waals surface area contributed by atoms with Gasteiger partial charge in [0.25, 0.3) is 0 Å². The number of hydrogen-bond acceptors (Lipinski definition) is 6. The number of carboxylic acid groups (broad SMARTS) is 1. The van der Waals surface area contributed by atoms with E-state index in [0.29, 0.717) is 0 Å². The fourth-order valence-electron chi connectivity index (χ4n) is 1.52. The molecule has 5 N–H and O–H groups in total. The maximum absolute atomic E-state index is 11.6. The second-order valence-corrected chi connectivity index (χ2v) is 7.32. The lowest BCUT2D eigenvalue weighted by Gasteiger charge is -2.18. The average Bonchev–Trinajstić information content (AvgIpc) is 2.41. The Balaban J connectivity index is 4.36. The van der Waals surface area contributed by atoms with Crippen molar-refractivity contribution >= 4 is 27.6 Å². The summed E-state index contributed by atoms with van der Waals surface area (Å²) in [6, 6.07) is -0.718. The summed E-state index contributed by atoms with van der Waals surface area (Å²) in [6.45, 7) is 3.45. The molecular formula is C12H23N3O6S. The summed E-state index contributed by atoms with van der Waals surface area (Å²) in [7, 11) is -3.90. The van der Waals surface area contributed by atoms with Crippen LogP contribution >= 0.6 is 0 Å². The third-order valence-electron chi connectivity index (χ3n) is 3.27. The molecule has 0 fully saturated rings. The van der Waals surface area contributed by atoms with Crippen molar-refractivity contribution in [3.05, 3.63) is 0 Å². The van der Waals surface area contributed by atoms with E-state index >= 15 is 0 Å². The topological polar surface area (TPSA) is 156 Å². The summed E-state index contributed by atoms with van der Waals surface area (Å²) in [5.74, 6) is -2.87. The van der Waals surface area contributed by atoms with E-state index in [1.165, 1.54) is 0 Å². The minimum atomic E-state index is -3.90. The zero-order valence-corrected chi connectivity index (χ0v) is 13.6. The number of carboxylic acids is 1. The van der Waals surface area contributed by atoms with Gasteiger partial charge in [-0.05, 0) is 5.92 Å². The first-order chi connectivity index (χ1) is 10.0. The molecule has 0 aromatic carbocycles. The molecule has 0 aliphatic rings. The van der Waals surface area contributed by atoms with Crippen LogP contribution in [0.5, 0.6) is 0 Å². The summed E-state index contributed by atoms with van der Waals surface area (Å²) in [5, 5.41) is 11.6. The highest BCUT2D eigenvalue weighted by Gasteiger charge is 2.31. The van der Waals surface area contributed by atoms with Crippen LogP contribution in [0.3, 0.4) is 0 Å². The maximum Gasteiger partial charge on any atom is 0.322 e. The number of carbonyl (C=O) groups is 3. The van der Waals surface area contributed by atoms with Crippen molar-refractivity contribution in [2.75, 3.05) is 12.9 Å². The van der Waals surface area contributed by atoms with E-state index in [2.05, 4.69) is 10.6 Å². The van der Waals surface area contributed by atoms with Crippen LogP contribution in [-0.4, -0.2) is 55.5 Å². The first kappa shape index (κ1) is 20.3. The third kappa shape index (κ3) is 6.85. The Kier molecular flexibility index (Phi) is 8.02. The van der Waals surface area contributed by atoms with Gasteiger partial charge < -0.3 is 21.5 Å². The Labute approximate surface area is 129 Å². The first-order valence-corrected chi connectivity index (χ1v) is 8.67. The number of aliphatic carboxylic acids is 1. The summed E-state index contributed by atoms with van der Waals surface area (Å²) >= 11 is 0. The van der Waals surface area contributed by atoms with Gasteiger partial charge in [-0.15, -0.1) is 0 Å². The van der Waals surface area contributed by atoms with Crippen molar-refractivity contribution in [1.29, 1.82) is 0 Å². The minimum absolute atomic E-state index is 0.0303. The smallest absolute Gasteiger partial charge is 0.322 e. The molecule has 0 heterocycles. The maximum atomic E-state index is 11.6. The number of nitrogens with one attached hydrogen (secondary N) is 2. The molecule has 2 amide bonds. The van der Waals surface area contributed by atoms with Crippen molar-refractivity contribution in [2.45, 2.75) is 38.0 Å². The number of hydrogen-bond donors (Lipinski definition) is 4. The minimum Gasteiger partial charge on any atom is -0.480 e. The molecular weight excluding hydrogens is 314 g/mol. The Morgan fingerprint density at radius 3 is 2.18 bits per heavy atom. The SMILES string of the molecule is CC[C@H](C)[C@H](N)C(=O)NCNC(=O)CC(C(=O)O)S(C)(=O)=O. The number of sulfone groups is 1. The predicted octanol–water partition coefficient (Wildman–Crippen LogP) is -1.56. The van der Waals surface area contributed by atoms with E-state index < -0.39 is 45.3 Å². The molecule has 1 unspecified atom stereocenters. The highest BCUT2D eigenvalue weighted by atomic mass is 32.2. The molecule has 0 saturated heterocycles. The van der Waals surface area contributed by atoms with Gasteiger partial charge in [-0.2, -0.15) is 0 Å². The zero-order chi connectivity index (χ0) is 17.5. The highest BCUT2D eigenvalue weighted by molar-refractivity contribution is 7.92. The Bertz CT molecular complexity index is 519. The average molecular weight is 337 g/mol. The van der Waals surface area contributed by atoms with Crippen LogP contribution in [0.25, 0.3) is 0 Å². The van der Waals surface area contributed by atoms with E-state index in [1.54, 1.807) is 0 Å². The van der Waals surface area contributed by atoms with Crippen LogP contribution in [0.1, 0.15) is 26.7 Å². The van der Waals surface area contributed by atoms with Crippen LogP contribution in [0.15, 0.2) is 0 Å². The van der Waals surface area contributed by atoms with Crippen molar-refractivity contribution in [3.63, 3.8) is 0 Å². The molecule has 0 aliphatic carbocycles. The fourth-order valence-corrected chi connectivity index (χ4v) is 2.34. The molecule has 0 saturated carbocycles. The molecule has 0 aromatic rings. The van der Waals surface area contributed by atoms with Crippen molar-refractivity contribution < 1.29 is 27.9 Å². The van der Waals surface area contributed by atoms with Gasteiger partial charge in [0.2, 0.25) is 11.8 Å². The largest absolute Gasteiger partial charge is 0.480 e. The number of nitrogens with two attached hydrogens (primary N) is 1. The summed E-state index contributed by atoms with van der Waals surface area (Å²) in [6.07, 6.45) is 0.739. The second kappa shape index (κ2) is 8.69. The van der Waals surface area contributed by atoms with E-state index in [9.17, 15) is 22.8 Å². The van der Waals surface area contributed by atoms with Gasteiger partial charge in [0, 0.05) is 6.26 Å². The molecule has 0 spiro atoms. The van der Waals surface area contributed by atoms with Gasteiger partial charge in [-0.1, -0.05) is 20.3 Å². The fraction of sp³-hybridized carbons (Fsp3) is 0.750. The van der Waals surface area contributed by atoms with Crippen LogP contribution in [0, 0.1) is 5.92 Å². The van der Waals surface area contributed by atoms with E-state index in [-0.39, 0.29) is 12.6 Å². The highest BCUT2D eigenvalue weighted by Crippen LogP contribution is 2.05. The molecule has 0 rings (SSSR count). The predicted molar refractivity (Wildman–Crippen MR) is 79.5 cm³/mol. The second-order valence-electron chi connectivity index (χ2n) is 5.09. The molecule has 0 aliphatic heterocycles. The molecule has 22 heavy (non-hydrogen) atoms. The molecule has 3 atom stereocenters. The molecule has 0 bridgehead atoms. The first-order valence-electron chi connectivity index (χ1n) is 6.72. The standard InChI is InChI=1S/C12H23N3O6S/c1-4-7(2)10(13)11(17)15-6-14-9(16)5-8(12(18)19)22(3,20)21/h7-8,10H,4-6,13H2,1-3H3,(H,14,16)(H,15,17)(H,18,19)/t7-,8?,10-/m0/s1. The van der Waals surface area contributed by atoms with Gasteiger partial charge >= 0.3 is 5.97 Å². The molecule has 0 radical (unpaired) electrons. The quantitative estimate of drug-likeness (QED) is 0.371. The summed E-state index contributed by atoms with van der Waals surface area (Å²) in [4.78, 5) is 34.0. The molecule has 10 heteroatoms. The number of amides is 2. The molecule has 0 aromatic heterocycles. The molecule has 128 valence electrons. The van der Waals surface area contributed by atoms with Crippen LogP contribution in [0.4, 0.5) is 0 Å². The van der Waals surface area contributed by atoms with Gasteiger partial charge in [-0.25, -0.2) is 8.42 Å². The number of rotatable bonds is 9. The van der Waals surface area contributed by atoms with Crippen molar-refractivity contribution in [1.82, 2.24) is 10.6 Å². The Morgan fingerprint density at radius 2 is 1.77 bits per heavy atom. The lowest BCUT2D eigenvalue weighted by Crippen LogP contribution is -2.48. The van der Waals surface area contributed by atoms with Gasteiger partial charge in [-0.3, -0.25) is 14.4 Å². The van der Waals surface area contributed by atoms with Crippen molar-refractivity contribution in [3.8, 4) is 0 Å². The van der Waals surface area contributed by atoms with Crippen LogP contribution < -0.4 is 16.4 Å². The lowest BCUT2D eigenvalue weighted by atomic mass is 10.00. The van der Waals surface area contributed by atoms with Crippen LogP contribution in [0.2, 0.25) is 0 Å². The zero-order valence-electron chi connectivity index (χ0n) is 12.8. The Hall–Kier alpha value is -1.68. The normalized spacial score (nSPS) is 15.5. The Morgan fingerprint density at radius 1 is 1.23 bits per heavy atom. The molecule has 9 nitrogen and oxygen atoms in total. The van der Waals surface area contributed by atoms with Gasteiger partial charge in [0.15, 0.2) is 15.1 Å². The van der Waals surface area contributed by atoms with E-state index in [0.717, 1.165) is 12.7 Å². The van der Waals surface area contributed by atoms with E-state index in [1.807, 2.05) is 13.8 Å². The summed E-state index contributed by atoms with van der Waals surface area (Å²) in [5.41, 5.74) is 5.68. The van der Waals surface area contributed by atoms with Gasteiger partial charge in [0.1, 0.15) is 0 Å². The third-order valence-corrected chi connectivity index (χ3v) is 4.67. The summed E-state index contributed by atoms with van der Waals surface area (Å²) < 4.78 is 22.5.